The van der Waals surface area contributed by atoms with Gasteiger partial charge >= 0.3 is 11.9 Å². The monoisotopic (exact) mass is 202 g/mol. The van der Waals surface area contributed by atoms with Crippen molar-refractivity contribution in [1.29, 1.82) is 0 Å². The summed E-state index contributed by atoms with van der Waals surface area (Å²) in [7, 11) is 0. The van der Waals surface area contributed by atoms with Gasteiger partial charge in [0.2, 0.25) is 0 Å². The van der Waals surface area contributed by atoms with Crippen molar-refractivity contribution >= 4 is 11.9 Å². The first-order valence-electron chi connectivity index (χ1n) is 4.88. The summed E-state index contributed by atoms with van der Waals surface area (Å²) in [5, 5.41) is 17.1. The molecule has 0 fully saturated rings. The summed E-state index contributed by atoms with van der Waals surface area (Å²) >= 11 is 0. The van der Waals surface area contributed by atoms with E-state index < -0.39 is 11.9 Å². The van der Waals surface area contributed by atoms with Crippen molar-refractivity contribution in [1.82, 2.24) is 0 Å². The maximum atomic E-state index is 10.5. The van der Waals surface area contributed by atoms with Crippen LogP contribution in [0.5, 0.6) is 0 Å². The van der Waals surface area contributed by atoms with Gasteiger partial charge in [0.15, 0.2) is 0 Å². The maximum absolute atomic E-state index is 10.5. The van der Waals surface area contributed by atoms with Crippen molar-refractivity contribution in [3.8, 4) is 0 Å². The van der Waals surface area contributed by atoms with Crippen LogP contribution < -0.4 is 0 Å². The molecule has 0 aliphatic heterocycles. The van der Waals surface area contributed by atoms with Gasteiger partial charge in [-0.3, -0.25) is 9.59 Å². The molecule has 0 heterocycles. The van der Waals surface area contributed by atoms with Gasteiger partial charge in [0.05, 0.1) is 5.92 Å². The second kappa shape index (κ2) is 6.40. The van der Waals surface area contributed by atoms with Crippen molar-refractivity contribution in [2.75, 3.05) is 0 Å². The molecule has 0 aliphatic rings. The minimum Gasteiger partial charge on any atom is -0.481 e. The van der Waals surface area contributed by atoms with Crippen LogP contribution in [0.3, 0.4) is 0 Å². The summed E-state index contributed by atoms with van der Waals surface area (Å²) < 4.78 is 0. The minimum absolute atomic E-state index is 0.133. The number of carboxylic acid groups (broad SMARTS) is 2. The van der Waals surface area contributed by atoms with Gasteiger partial charge in [-0.25, -0.2) is 0 Å². The molecule has 0 aromatic heterocycles. The quantitative estimate of drug-likeness (QED) is 0.662. The Morgan fingerprint density at radius 1 is 1.14 bits per heavy atom. The number of carbonyl (C=O) groups is 2. The lowest BCUT2D eigenvalue weighted by Crippen LogP contribution is -2.10. The summed E-state index contributed by atoms with van der Waals surface area (Å²) in [5.41, 5.74) is 0. The fourth-order valence-electron chi connectivity index (χ4n) is 1.30. The summed E-state index contributed by atoms with van der Waals surface area (Å²) in [6, 6.07) is 0. The molecule has 0 bridgehead atoms. The lowest BCUT2D eigenvalue weighted by atomic mass is 9.97. The minimum atomic E-state index is -0.788. The van der Waals surface area contributed by atoms with Gasteiger partial charge < -0.3 is 10.2 Å². The molecular weight excluding hydrogens is 184 g/mol. The van der Waals surface area contributed by atoms with E-state index in [0.29, 0.717) is 6.42 Å². The Balaban J connectivity index is 3.53. The lowest BCUT2D eigenvalue weighted by molar-refractivity contribution is -0.141. The topological polar surface area (TPSA) is 74.6 Å². The first kappa shape index (κ1) is 12.9. The standard InChI is InChI=1S/C10H18O4/c1-7(6-9(11)12)4-3-5-8(2)10(13)14/h7-8H,3-6H2,1-2H3,(H,11,12)(H,13,14)/t7-,8-/m1/s1. The van der Waals surface area contributed by atoms with E-state index in [0.717, 1.165) is 12.8 Å². The Bertz CT molecular complexity index is 200. The molecule has 4 nitrogen and oxygen atoms in total. The van der Waals surface area contributed by atoms with E-state index in [1.165, 1.54) is 0 Å². The number of hydrogen-bond donors (Lipinski definition) is 2. The fourth-order valence-corrected chi connectivity index (χ4v) is 1.30. The molecule has 2 N–H and O–H groups in total. The summed E-state index contributed by atoms with van der Waals surface area (Å²) in [5.74, 6) is -1.76. The number of carboxylic acids is 2. The van der Waals surface area contributed by atoms with Gasteiger partial charge in [0.1, 0.15) is 0 Å². The largest absolute Gasteiger partial charge is 0.481 e. The fraction of sp³-hybridized carbons (Fsp3) is 0.800. The molecule has 82 valence electrons. The Hall–Kier alpha value is -1.06. The average Bonchev–Trinajstić information content (AvgIpc) is 2.02. The molecule has 0 aromatic rings. The zero-order valence-electron chi connectivity index (χ0n) is 8.69. The zero-order valence-corrected chi connectivity index (χ0v) is 8.69. The lowest BCUT2D eigenvalue weighted by Gasteiger charge is -2.09. The number of aliphatic carboxylic acids is 2. The van der Waals surface area contributed by atoms with E-state index in [4.69, 9.17) is 10.2 Å². The highest BCUT2D eigenvalue weighted by molar-refractivity contribution is 5.69. The Labute approximate surface area is 83.9 Å². The smallest absolute Gasteiger partial charge is 0.306 e. The predicted molar refractivity (Wildman–Crippen MR) is 52.1 cm³/mol. The first-order chi connectivity index (χ1) is 6.43. The molecular formula is C10H18O4. The van der Waals surface area contributed by atoms with E-state index in [2.05, 4.69) is 0 Å². The van der Waals surface area contributed by atoms with Crippen LogP contribution in [0.15, 0.2) is 0 Å². The van der Waals surface area contributed by atoms with Gasteiger partial charge in [-0.2, -0.15) is 0 Å². The van der Waals surface area contributed by atoms with Crippen molar-refractivity contribution in [3.63, 3.8) is 0 Å². The Morgan fingerprint density at radius 3 is 2.14 bits per heavy atom. The molecule has 4 heteroatoms. The average molecular weight is 202 g/mol. The highest BCUT2D eigenvalue weighted by atomic mass is 16.4. The summed E-state index contributed by atoms with van der Waals surface area (Å²) in [4.78, 5) is 20.8. The predicted octanol–water partition coefficient (Wildman–Crippen LogP) is 1.99. The third kappa shape index (κ3) is 6.46. The van der Waals surface area contributed by atoms with Crippen molar-refractivity contribution in [2.24, 2.45) is 11.8 Å². The normalized spacial score (nSPS) is 14.7. The third-order valence-corrected chi connectivity index (χ3v) is 2.28. The molecule has 0 aliphatic carbocycles. The van der Waals surface area contributed by atoms with E-state index in [-0.39, 0.29) is 18.3 Å². The van der Waals surface area contributed by atoms with Crippen LogP contribution in [0.1, 0.15) is 39.5 Å². The Kier molecular flexibility index (Phi) is 5.92. The van der Waals surface area contributed by atoms with Crippen LogP contribution in [0.4, 0.5) is 0 Å². The molecule has 0 saturated heterocycles. The van der Waals surface area contributed by atoms with E-state index in [9.17, 15) is 9.59 Å². The van der Waals surface area contributed by atoms with Crippen LogP contribution in [0.25, 0.3) is 0 Å². The molecule has 0 aromatic carbocycles. The molecule has 0 radical (unpaired) electrons. The SMILES string of the molecule is C[C@H](CCC[C@@H](C)C(=O)O)CC(=O)O. The van der Waals surface area contributed by atoms with Crippen LogP contribution >= 0.6 is 0 Å². The molecule has 0 spiro atoms. The van der Waals surface area contributed by atoms with Crippen molar-refractivity contribution < 1.29 is 19.8 Å². The number of hydrogen-bond acceptors (Lipinski definition) is 2. The maximum Gasteiger partial charge on any atom is 0.306 e. The van der Waals surface area contributed by atoms with Gasteiger partial charge in [0.25, 0.3) is 0 Å². The van der Waals surface area contributed by atoms with Crippen LogP contribution in [0, 0.1) is 11.8 Å². The highest BCUT2D eigenvalue weighted by Gasteiger charge is 2.12. The van der Waals surface area contributed by atoms with Gasteiger partial charge in [-0.05, 0) is 12.3 Å². The van der Waals surface area contributed by atoms with Gasteiger partial charge in [-0.15, -0.1) is 0 Å². The molecule has 0 saturated carbocycles. The van der Waals surface area contributed by atoms with Crippen LogP contribution in [0.2, 0.25) is 0 Å². The van der Waals surface area contributed by atoms with Crippen molar-refractivity contribution in [2.45, 2.75) is 39.5 Å². The Morgan fingerprint density at radius 2 is 1.71 bits per heavy atom. The highest BCUT2D eigenvalue weighted by Crippen LogP contribution is 2.15. The van der Waals surface area contributed by atoms with Crippen molar-refractivity contribution in [3.05, 3.63) is 0 Å². The van der Waals surface area contributed by atoms with Gasteiger partial charge in [0, 0.05) is 6.42 Å². The zero-order chi connectivity index (χ0) is 11.1. The van der Waals surface area contributed by atoms with E-state index >= 15 is 0 Å². The molecule has 0 amide bonds. The molecule has 0 unspecified atom stereocenters. The molecule has 0 rings (SSSR count). The van der Waals surface area contributed by atoms with Crippen LogP contribution in [-0.2, 0) is 9.59 Å². The van der Waals surface area contributed by atoms with E-state index in [1.54, 1.807) is 6.92 Å². The third-order valence-electron chi connectivity index (χ3n) is 2.28. The second-order valence-corrected chi connectivity index (χ2v) is 3.87. The molecule has 14 heavy (non-hydrogen) atoms. The first-order valence-corrected chi connectivity index (χ1v) is 4.88. The number of rotatable bonds is 7. The van der Waals surface area contributed by atoms with E-state index in [1.807, 2.05) is 6.92 Å². The molecule has 2 atom stereocenters. The van der Waals surface area contributed by atoms with Gasteiger partial charge in [-0.1, -0.05) is 26.7 Å². The second-order valence-electron chi connectivity index (χ2n) is 3.87. The van der Waals surface area contributed by atoms with Crippen LogP contribution in [-0.4, -0.2) is 22.2 Å². The summed E-state index contributed by atoms with van der Waals surface area (Å²) in [6.07, 6.45) is 2.35. The summed E-state index contributed by atoms with van der Waals surface area (Å²) in [6.45, 7) is 3.55.